The van der Waals surface area contributed by atoms with Crippen LogP contribution in [0.25, 0.3) is 0 Å². The predicted molar refractivity (Wildman–Crippen MR) is 70.2 cm³/mol. The second-order valence-electron chi connectivity index (χ2n) is 3.74. The zero-order valence-electron chi connectivity index (χ0n) is 10.4. The summed E-state index contributed by atoms with van der Waals surface area (Å²) in [5.74, 6) is 0.157. The van der Waals surface area contributed by atoms with Gasteiger partial charge in [0.05, 0.1) is 7.11 Å². The number of methoxy groups -OCH3 is 1. The van der Waals surface area contributed by atoms with Crippen molar-refractivity contribution in [1.29, 1.82) is 0 Å². The molecule has 0 heterocycles. The molecule has 1 unspecified atom stereocenters. The Morgan fingerprint density at radius 2 is 2.06 bits per heavy atom. The maximum Gasteiger partial charge on any atom is 0.325 e. The molecular weight excluding hydrogens is 256 g/mol. The number of urea groups is 1. The third kappa shape index (κ3) is 3.92. The number of benzene rings is 1. The fourth-order valence-corrected chi connectivity index (χ4v) is 1.32. The Morgan fingerprint density at radius 1 is 1.39 bits per heavy atom. The number of alkyl halides is 1. The van der Waals surface area contributed by atoms with E-state index < -0.39 is 17.3 Å². The molecule has 1 rings (SSSR count). The first-order valence-corrected chi connectivity index (χ1v) is 5.78. The molecule has 0 aliphatic carbocycles. The van der Waals surface area contributed by atoms with E-state index in [4.69, 9.17) is 16.3 Å². The van der Waals surface area contributed by atoms with Gasteiger partial charge in [-0.2, -0.15) is 0 Å². The van der Waals surface area contributed by atoms with Gasteiger partial charge in [-0.15, -0.1) is 11.6 Å². The van der Waals surface area contributed by atoms with Crippen molar-refractivity contribution in [3.63, 3.8) is 0 Å². The van der Waals surface area contributed by atoms with Gasteiger partial charge in [-0.1, -0.05) is 0 Å². The number of nitrogens with one attached hydrogen (secondary N) is 2. The zero-order valence-corrected chi connectivity index (χ0v) is 11.2. The van der Waals surface area contributed by atoms with E-state index in [1.54, 1.807) is 25.3 Å². The molecule has 0 aliphatic heterocycles. The van der Waals surface area contributed by atoms with Crippen LogP contribution in [-0.2, 0) is 4.79 Å². The second-order valence-corrected chi connectivity index (χ2v) is 4.39. The lowest BCUT2D eigenvalue weighted by Gasteiger charge is -2.10. The molecule has 2 N–H and O–H groups in total. The number of carbonyl (C=O) groups is 2. The molecule has 0 saturated heterocycles. The van der Waals surface area contributed by atoms with E-state index in [0.29, 0.717) is 11.4 Å². The molecule has 1 aromatic carbocycles. The third-order valence-electron chi connectivity index (χ3n) is 2.28. The van der Waals surface area contributed by atoms with Gasteiger partial charge < -0.3 is 10.1 Å². The molecule has 0 radical (unpaired) electrons. The van der Waals surface area contributed by atoms with Crippen molar-refractivity contribution < 1.29 is 14.3 Å². The molecule has 98 valence electrons. The van der Waals surface area contributed by atoms with E-state index in [0.717, 1.165) is 5.56 Å². The fourth-order valence-electron chi connectivity index (χ4n) is 1.27. The monoisotopic (exact) mass is 270 g/mol. The molecule has 1 aromatic rings. The summed E-state index contributed by atoms with van der Waals surface area (Å²) in [4.78, 5) is 22.7. The number of amides is 3. The van der Waals surface area contributed by atoms with Gasteiger partial charge in [-0.05, 0) is 37.6 Å². The predicted octanol–water partition coefficient (Wildman–Crippen LogP) is 2.28. The number of halogens is 1. The molecule has 3 amide bonds. The molecule has 6 heteroatoms. The normalized spacial score (nSPS) is 11.6. The van der Waals surface area contributed by atoms with E-state index in [1.165, 1.54) is 6.92 Å². The summed E-state index contributed by atoms with van der Waals surface area (Å²) in [5, 5.41) is 3.94. The molecule has 1 atom stereocenters. The summed E-state index contributed by atoms with van der Waals surface area (Å²) in [7, 11) is 1.56. The molecule has 5 nitrogen and oxygen atoms in total. The van der Waals surface area contributed by atoms with Crippen molar-refractivity contribution in [2.45, 2.75) is 19.2 Å². The van der Waals surface area contributed by atoms with E-state index in [2.05, 4.69) is 10.6 Å². The van der Waals surface area contributed by atoms with Crippen LogP contribution >= 0.6 is 11.6 Å². The summed E-state index contributed by atoms with van der Waals surface area (Å²) in [6.07, 6.45) is 0. The lowest BCUT2D eigenvalue weighted by molar-refractivity contribution is -0.119. The van der Waals surface area contributed by atoms with Crippen LogP contribution in [0.1, 0.15) is 12.5 Å². The van der Waals surface area contributed by atoms with Gasteiger partial charge in [0.2, 0.25) is 5.91 Å². The molecule has 0 bridgehead atoms. The maximum atomic E-state index is 11.5. The lowest BCUT2D eigenvalue weighted by atomic mass is 10.2. The fraction of sp³-hybridized carbons (Fsp3) is 0.333. The molecule has 0 saturated carbocycles. The minimum Gasteiger partial charge on any atom is -0.497 e. The topological polar surface area (TPSA) is 67.4 Å². The minimum absolute atomic E-state index is 0.541. The summed E-state index contributed by atoms with van der Waals surface area (Å²) < 4.78 is 5.05. The Bertz CT molecular complexity index is 461. The summed E-state index contributed by atoms with van der Waals surface area (Å²) in [6.45, 7) is 3.31. The van der Waals surface area contributed by atoms with Crippen molar-refractivity contribution in [1.82, 2.24) is 5.32 Å². The van der Waals surface area contributed by atoms with E-state index >= 15 is 0 Å². The summed E-state index contributed by atoms with van der Waals surface area (Å²) in [5.41, 5.74) is 1.43. The van der Waals surface area contributed by atoms with Crippen LogP contribution < -0.4 is 15.4 Å². The standard InChI is InChI=1S/C12H15ClN2O3/c1-7-6-9(18-3)4-5-10(7)14-12(17)15-11(16)8(2)13/h4-6,8H,1-3H3,(H2,14,15,16,17). The summed E-state index contributed by atoms with van der Waals surface area (Å²) in [6, 6.07) is 4.58. The highest BCUT2D eigenvalue weighted by Crippen LogP contribution is 2.20. The number of hydrogen-bond acceptors (Lipinski definition) is 3. The average molecular weight is 271 g/mol. The van der Waals surface area contributed by atoms with Gasteiger partial charge in [0.25, 0.3) is 0 Å². The molecule has 0 aromatic heterocycles. The van der Waals surface area contributed by atoms with Crippen LogP contribution in [0.15, 0.2) is 18.2 Å². The number of carbonyl (C=O) groups excluding carboxylic acids is 2. The number of hydrogen-bond donors (Lipinski definition) is 2. The number of imide groups is 1. The first-order chi connectivity index (χ1) is 8.43. The number of aryl methyl sites for hydroxylation is 1. The highest BCUT2D eigenvalue weighted by atomic mass is 35.5. The van der Waals surface area contributed by atoms with Crippen molar-refractivity contribution in [2.75, 3.05) is 12.4 Å². The molecule has 0 spiro atoms. The summed E-state index contributed by atoms with van der Waals surface area (Å²) >= 11 is 5.54. The first-order valence-electron chi connectivity index (χ1n) is 5.34. The number of rotatable bonds is 3. The highest BCUT2D eigenvalue weighted by molar-refractivity contribution is 6.31. The van der Waals surface area contributed by atoms with E-state index in [1.807, 2.05) is 6.92 Å². The molecule has 0 fully saturated rings. The number of ether oxygens (including phenoxy) is 1. The zero-order chi connectivity index (χ0) is 13.7. The first kappa shape index (κ1) is 14.3. The van der Waals surface area contributed by atoms with E-state index in [-0.39, 0.29) is 0 Å². The van der Waals surface area contributed by atoms with Gasteiger partial charge in [0.15, 0.2) is 0 Å². The smallest absolute Gasteiger partial charge is 0.325 e. The van der Waals surface area contributed by atoms with Crippen LogP contribution in [0.4, 0.5) is 10.5 Å². The Labute approximate surface area is 110 Å². The van der Waals surface area contributed by atoms with Crippen molar-refractivity contribution >= 4 is 29.2 Å². The van der Waals surface area contributed by atoms with Crippen LogP contribution in [0.2, 0.25) is 0 Å². The Kier molecular flexibility index (Phi) is 4.97. The largest absolute Gasteiger partial charge is 0.497 e. The van der Waals surface area contributed by atoms with Crippen LogP contribution in [0.3, 0.4) is 0 Å². The minimum atomic E-state index is -0.757. The van der Waals surface area contributed by atoms with Gasteiger partial charge in [-0.3, -0.25) is 10.1 Å². The lowest BCUT2D eigenvalue weighted by Crippen LogP contribution is -2.38. The molecule has 0 aliphatic rings. The highest BCUT2D eigenvalue weighted by Gasteiger charge is 2.13. The van der Waals surface area contributed by atoms with Gasteiger partial charge >= 0.3 is 6.03 Å². The molecular formula is C12H15ClN2O3. The third-order valence-corrected chi connectivity index (χ3v) is 2.48. The Morgan fingerprint density at radius 3 is 2.56 bits per heavy atom. The molecule has 18 heavy (non-hydrogen) atoms. The SMILES string of the molecule is COc1ccc(NC(=O)NC(=O)C(C)Cl)c(C)c1. The van der Waals surface area contributed by atoms with Crippen molar-refractivity contribution in [2.24, 2.45) is 0 Å². The quantitative estimate of drug-likeness (QED) is 0.828. The Balaban J connectivity index is 2.68. The van der Waals surface area contributed by atoms with Crippen LogP contribution in [-0.4, -0.2) is 24.4 Å². The van der Waals surface area contributed by atoms with Crippen molar-refractivity contribution in [3.8, 4) is 5.75 Å². The van der Waals surface area contributed by atoms with E-state index in [9.17, 15) is 9.59 Å². The maximum absolute atomic E-state index is 11.5. The van der Waals surface area contributed by atoms with Crippen LogP contribution in [0, 0.1) is 6.92 Å². The Hall–Kier alpha value is -1.75. The average Bonchev–Trinajstić information content (AvgIpc) is 2.31. The van der Waals surface area contributed by atoms with Gasteiger partial charge in [-0.25, -0.2) is 4.79 Å². The van der Waals surface area contributed by atoms with Crippen LogP contribution in [0.5, 0.6) is 5.75 Å². The van der Waals surface area contributed by atoms with Gasteiger partial charge in [0.1, 0.15) is 11.1 Å². The number of anilines is 1. The van der Waals surface area contributed by atoms with Gasteiger partial charge in [0, 0.05) is 5.69 Å². The second kappa shape index (κ2) is 6.26. The van der Waals surface area contributed by atoms with Crippen molar-refractivity contribution in [3.05, 3.63) is 23.8 Å².